The highest BCUT2D eigenvalue weighted by Crippen LogP contribution is 2.35. The number of amides is 1. The van der Waals surface area contributed by atoms with Crippen LogP contribution in [0, 0.1) is 5.92 Å². The summed E-state index contributed by atoms with van der Waals surface area (Å²) in [6.07, 6.45) is 4.49. The molecule has 1 aromatic carbocycles. The first kappa shape index (κ1) is 18.4. The van der Waals surface area contributed by atoms with E-state index in [0.29, 0.717) is 16.4 Å². The lowest BCUT2D eigenvalue weighted by molar-refractivity contribution is -0.118. The number of carbonyl (C=O) groups excluding carboxylic acids is 1. The molecule has 5 rings (SSSR count). The predicted molar refractivity (Wildman–Crippen MR) is 118 cm³/mol. The molecule has 2 atom stereocenters. The minimum Gasteiger partial charge on any atom is -0.300 e. The second-order valence-electron chi connectivity index (χ2n) is 7.64. The van der Waals surface area contributed by atoms with Gasteiger partial charge in [-0.15, -0.1) is 11.3 Å². The highest BCUT2D eigenvalue weighted by atomic mass is 32.1. The fourth-order valence-electron chi connectivity index (χ4n) is 3.88. The average molecular weight is 425 g/mol. The summed E-state index contributed by atoms with van der Waals surface area (Å²) >= 11 is 3.04. The van der Waals surface area contributed by atoms with E-state index in [1.54, 1.807) is 18.3 Å². The fraction of sp³-hybridized carbons (Fsp3) is 0.333. The number of hydrogen-bond donors (Lipinski definition) is 1. The predicted octanol–water partition coefficient (Wildman–Crippen LogP) is 4.39. The van der Waals surface area contributed by atoms with E-state index >= 15 is 0 Å². The van der Waals surface area contributed by atoms with Crippen LogP contribution in [0.3, 0.4) is 0 Å². The van der Waals surface area contributed by atoms with E-state index in [-0.39, 0.29) is 11.5 Å². The van der Waals surface area contributed by atoms with Crippen LogP contribution in [-0.4, -0.2) is 20.4 Å². The maximum Gasteiger partial charge on any atom is 0.263 e. The van der Waals surface area contributed by atoms with Crippen molar-refractivity contribution in [3.8, 4) is 0 Å². The zero-order chi connectivity index (χ0) is 20.1. The Hall–Kier alpha value is -2.58. The second kappa shape index (κ2) is 7.03. The number of aromatic nitrogens is 3. The Morgan fingerprint density at radius 3 is 2.97 bits per heavy atom. The Morgan fingerprint density at radius 1 is 1.31 bits per heavy atom. The highest BCUT2D eigenvalue weighted by Gasteiger charge is 2.25. The lowest BCUT2D eigenvalue weighted by atomic mass is 9.89. The Kier molecular flexibility index (Phi) is 4.48. The highest BCUT2D eigenvalue weighted by molar-refractivity contribution is 7.22. The number of anilines is 1. The summed E-state index contributed by atoms with van der Waals surface area (Å²) in [5.41, 5.74) is 1.85. The number of benzene rings is 1. The average Bonchev–Trinajstić information content (AvgIpc) is 3.27. The molecule has 0 bridgehead atoms. The molecule has 6 nitrogen and oxygen atoms in total. The van der Waals surface area contributed by atoms with Crippen LogP contribution in [0.4, 0.5) is 5.13 Å². The van der Waals surface area contributed by atoms with Crippen LogP contribution in [-0.2, 0) is 17.6 Å². The first-order valence-corrected chi connectivity index (χ1v) is 11.3. The minimum atomic E-state index is -0.676. The van der Waals surface area contributed by atoms with E-state index in [2.05, 4.69) is 22.2 Å². The van der Waals surface area contributed by atoms with Crippen LogP contribution in [0.1, 0.15) is 36.8 Å². The summed E-state index contributed by atoms with van der Waals surface area (Å²) in [6.45, 7) is 3.96. The third-order valence-corrected chi connectivity index (χ3v) is 7.68. The molecule has 0 saturated carbocycles. The molecule has 1 aliphatic rings. The van der Waals surface area contributed by atoms with E-state index in [4.69, 9.17) is 0 Å². The van der Waals surface area contributed by atoms with Gasteiger partial charge in [0.25, 0.3) is 5.56 Å². The van der Waals surface area contributed by atoms with Crippen molar-refractivity contribution in [1.29, 1.82) is 0 Å². The summed E-state index contributed by atoms with van der Waals surface area (Å²) in [6, 6.07) is 7.06. The van der Waals surface area contributed by atoms with Crippen LogP contribution in [0.15, 0.2) is 35.4 Å². The topological polar surface area (TPSA) is 76.9 Å². The zero-order valence-electron chi connectivity index (χ0n) is 16.1. The summed E-state index contributed by atoms with van der Waals surface area (Å²) in [5.74, 6) is 0.362. The monoisotopic (exact) mass is 424 g/mol. The minimum absolute atomic E-state index is 0.131. The summed E-state index contributed by atoms with van der Waals surface area (Å²) in [5, 5.41) is 4.08. The molecule has 148 valence electrons. The quantitative estimate of drug-likeness (QED) is 0.529. The number of hydrogen-bond acceptors (Lipinski definition) is 6. The molecule has 0 spiro atoms. The Bertz CT molecular complexity index is 1270. The normalized spacial score (nSPS) is 17.4. The molecule has 0 radical (unpaired) electrons. The van der Waals surface area contributed by atoms with Gasteiger partial charge in [0.2, 0.25) is 5.91 Å². The maximum absolute atomic E-state index is 13.2. The summed E-state index contributed by atoms with van der Waals surface area (Å²) in [7, 11) is 0. The SMILES string of the molecule is CC1CCc2c(sc3ncn(C(C)C(=O)Nc4nc5ccccc5s4)c(=O)c23)C1. The van der Waals surface area contributed by atoms with Gasteiger partial charge in [0, 0.05) is 4.88 Å². The number of thiophene rings is 1. The van der Waals surface area contributed by atoms with Gasteiger partial charge in [-0.25, -0.2) is 9.97 Å². The largest absolute Gasteiger partial charge is 0.300 e. The molecule has 1 amide bonds. The van der Waals surface area contributed by atoms with Crippen molar-refractivity contribution >= 4 is 54.1 Å². The standard InChI is InChI=1S/C21H20N4O2S2/c1-11-7-8-13-16(9-11)28-19-17(13)20(27)25(10-22-19)12(2)18(26)24-21-23-14-5-3-4-6-15(14)29-21/h3-6,10-12H,7-9H2,1-2H3,(H,23,24,26). The van der Waals surface area contributed by atoms with Crippen molar-refractivity contribution in [2.24, 2.45) is 5.92 Å². The van der Waals surface area contributed by atoms with Gasteiger partial charge >= 0.3 is 0 Å². The number of fused-ring (bicyclic) bond motifs is 4. The van der Waals surface area contributed by atoms with Gasteiger partial charge < -0.3 is 5.32 Å². The Morgan fingerprint density at radius 2 is 2.14 bits per heavy atom. The maximum atomic E-state index is 13.2. The molecule has 0 fully saturated rings. The van der Waals surface area contributed by atoms with Crippen molar-refractivity contribution in [1.82, 2.24) is 14.5 Å². The molecule has 2 unspecified atom stereocenters. The van der Waals surface area contributed by atoms with Crippen LogP contribution in [0.2, 0.25) is 0 Å². The first-order valence-electron chi connectivity index (χ1n) is 9.69. The van der Waals surface area contributed by atoms with E-state index < -0.39 is 6.04 Å². The van der Waals surface area contributed by atoms with Gasteiger partial charge in [-0.1, -0.05) is 30.4 Å². The van der Waals surface area contributed by atoms with Crippen molar-refractivity contribution < 1.29 is 4.79 Å². The molecule has 29 heavy (non-hydrogen) atoms. The van der Waals surface area contributed by atoms with E-state index in [0.717, 1.165) is 39.9 Å². The van der Waals surface area contributed by atoms with Crippen LogP contribution in [0.25, 0.3) is 20.4 Å². The van der Waals surface area contributed by atoms with Gasteiger partial charge in [0.1, 0.15) is 10.9 Å². The molecule has 3 aromatic heterocycles. The molecular weight excluding hydrogens is 404 g/mol. The van der Waals surface area contributed by atoms with Crippen LogP contribution >= 0.6 is 22.7 Å². The Balaban J connectivity index is 1.47. The van der Waals surface area contributed by atoms with Gasteiger partial charge in [0.05, 0.1) is 21.9 Å². The fourth-order valence-corrected chi connectivity index (χ4v) is 6.09. The number of aryl methyl sites for hydroxylation is 1. The molecule has 0 aliphatic heterocycles. The van der Waals surface area contributed by atoms with E-state index in [1.807, 2.05) is 24.3 Å². The summed E-state index contributed by atoms with van der Waals surface area (Å²) < 4.78 is 2.45. The first-order chi connectivity index (χ1) is 14.0. The van der Waals surface area contributed by atoms with E-state index in [9.17, 15) is 9.59 Å². The van der Waals surface area contributed by atoms with Crippen molar-refractivity contribution in [3.05, 3.63) is 51.4 Å². The molecule has 3 heterocycles. The third kappa shape index (κ3) is 3.16. The van der Waals surface area contributed by atoms with Gasteiger partial charge in [0.15, 0.2) is 5.13 Å². The Labute approximate surface area is 175 Å². The van der Waals surface area contributed by atoms with Crippen molar-refractivity contribution in [2.75, 3.05) is 5.32 Å². The molecule has 1 aliphatic carbocycles. The zero-order valence-corrected chi connectivity index (χ0v) is 17.8. The van der Waals surface area contributed by atoms with Gasteiger partial charge in [-0.3, -0.25) is 14.2 Å². The number of nitrogens with one attached hydrogen (secondary N) is 1. The second-order valence-corrected chi connectivity index (χ2v) is 9.76. The van der Waals surface area contributed by atoms with Crippen LogP contribution in [0.5, 0.6) is 0 Å². The molecular formula is C21H20N4O2S2. The summed E-state index contributed by atoms with van der Waals surface area (Å²) in [4.78, 5) is 37.0. The molecule has 1 N–H and O–H groups in total. The lowest BCUT2D eigenvalue weighted by Gasteiger charge is -2.18. The van der Waals surface area contributed by atoms with Gasteiger partial charge in [-0.05, 0) is 49.8 Å². The number of rotatable bonds is 3. The number of thiazole rings is 1. The molecule has 8 heteroatoms. The number of carbonyl (C=O) groups is 1. The third-order valence-electron chi connectivity index (χ3n) is 5.56. The molecule has 4 aromatic rings. The van der Waals surface area contributed by atoms with Crippen LogP contribution < -0.4 is 10.9 Å². The number of para-hydroxylation sites is 1. The number of nitrogens with zero attached hydrogens (tertiary/aromatic N) is 3. The lowest BCUT2D eigenvalue weighted by Crippen LogP contribution is -2.32. The molecule has 0 saturated heterocycles. The smallest absolute Gasteiger partial charge is 0.263 e. The van der Waals surface area contributed by atoms with Gasteiger partial charge in [-0.2, -0.15) is 0 Å². The van der Waals surface area contributed by atoms with E-state index in [1.165, 1.54) is 27.1 Å². The van der Waals surface area contributed by atoms with Crippen molar-refractivity contribution in [3.63, 3.8) is 0 Å². The van der Waals surface area contributed by atoms with Crippen molar-refractivity contribution in [2.45, 2.75) is 39.2 Å².